The molecule has 0 aliphatic heterocycles. The Bertz CT molecular complexity index is 543. The Hall–Kier alpha value is -1.30. The van der Waals surface area contributed by atoms with Crippen molar-refractivity contribution in [2.24, 2.45) is 5.73 Å². The Morgan fingerprint density at radius 3 is 2.75 bits per heavy atom. The van der Waals surface area contributed by atoms with Gasteiger partial charge >= 0.3 is 0 Å². The number of halogens is 2. The van der Waals surface area contributed by atoms with Crippen LogP contribution in [0.5, 0.6) is 0 Å². The molecule has 1 unspecified atom stereocenters. The number of thiophene rings is 1. The molecular formula is C15H18F2N2S. The minimum absolute atomic E-state index is 0.251. The average molecular weight is 296 g/mol. The number of benzene rings is 1. The van der Waals surface area contributed by atoms with Crippen LogP contribution in [0.4, 0.5) is 8.78 Å². The second-order valence-electron chi connectivity index (χ2n) is 4.73. The lowest BCUT2D eigenvalue weighted by Gasteiger charge is -2.27. The van der Waals surface area contributed by atoms with E-state index >= 15 is 0 Å². The molecule has 0 aliphatic rings. The maximum absolute atomic E-state index is 13.8. The van der Waals surface area contributed by atoms with Crippen molar-refractivity contribution < 1.29 is 8.78 Å². The summed E-state index contributed by atoms with van der Waals surface area (Å²) in [5.41, 5.74) is 6.07. The van der Waals surface area contributed by atoms with Gasteiger partial charge in [0.1, 0.15) is 11.6 Å². The van der Waals surface area contributed by atoms with E-state index in [1.165, 1.54) is 10.9 Å². The smallest absolute Gasteiger partial charge is 0.128 e. The standard InChI is InChI=1S/C15H18F2N2S/c1-19(7-6-12-3-2-8-20-12)15(10-18)13-9-11(16)4-5-14(13)17/h2-5,8-9,15H,6-7,10,18H2,1H3. The Labute approximate surface area is 121 Å². The molecule has 108 valence electrons. The lowest BCUT2D eigenvalue weighted by atomic mass is 10.0. The fraction of sp³-hybridized carbons (Fsp3) is 0.333. The molecule has 1 aromatic heterocycles. The lowest BCUT2D eigenvalue weighted by Crippen LogP contribution is -2.32. The van der Waals surface area contributed by atoms with Crippen LogP contribution in [-0.4, -0.2) is 25.0 Å². The lowest BCUT2D eigenvalue weighted by molar-refractivity contribution is 0.248. The molecule has 1 aromatic carbocycles. The van der Waals surface area contributed by atoms with Crippen LogP contribution >= 0.6 is 11.3 Å². The SMILES string of the molecule is CN(CCc1cccs1)C(CN)c1cc(F)ccc1F. The van der Waals surface area contributed by atoms with Crippen LogP contribution in [0.15, 0.2) is 35.7 Å². The van der Waals surface area contributed by atoms with Crippen LogP contribution < -0.4 is 5.73 Å². The molecule has 0 spiro atoms. The third-order valence-electron chi connectivity index (χ3n) is 3.36. The van der Waals surface area contributed by atoms with Crippen molar-refractivity contribution in [3.8, 4) is 0 Å². The van der Waals surface area contributed by atoms with E-state index in [-0.39, 0.29) is 12.6 Å². The molecule has 1 heterocycles. The van der Waals surface area contributed by atoms with Crippen LogP contribution in [0, 0.1) is 11.6 Å². The third-order valence-corrected chi connectivity index (χ3v) is 4.30. The highest BCUT2D eigenvalue weighted by Crippen LogP contribution is 2.23. The fourth-order valence-electron chi connectivity index (χ4n) is 2.21. The van der Waals surface area contributed by atoms with Gasteiger partial charge in [-0.15, -0.1) is 11.3 Å². The summed E-state index contributed by atoms with van der Waals surface area (Å²) in [6.45, 7) is 1.000. The summed E-state index contributed by atoms with van der Waals surface area (Å²) >= 11 is 1.69. The van der Waals surface area contributed by atoms with Crippen LogP contribution in [0.25, 0.3) is 0 Å². The summed E-state index contributed by atoms with van der Waals surface area (Å²) in [6, 6.07) is 7.27. The van der Waals surface area contributed by atoms with E-state index in [1.54, 1.807) is 11.3 Å². The van der Waals surface area contributed by atoms with Crippen molar-refractivity contribution in [3.63, 3.8) is 0 Å². The Balaban J connectivity index is 2.08. The predicted octanol–water partition coefficient (Wildman–Crippen LogP) is 3.20. The van der Waals surface area contributed by atoms with E-state index in [9.17, 15) is 8.78 Å². The van der Waals surface area contributed by atoms with Crippen LogP contribution in [0.2, 0.25) is 0 Å². The Kier molecular flexibility index (Phi) is 5.23. The van der Waals surface area contributed by atoms with E-state index in [0.29, 0.717) is 5.56 Å². The summed E-state index contributed by atoms with van der Waals surface area (Å²) < 4.78 is 27.1. The molecule has 0 saturated heterocycles. The van der Waals surface area contributed by atoms with Gasteiger partial charge in [-0.1, -0.05) is 6.07 Å². The van der Waals surface area contributed by atoms with Gasteiger partial charge in [0.15, 0.2) is 0 Å². The van der Waals surface area contributed by atoms with Crippen molar-refractivity contribution in [1.82, 2.24) is 4.90 Å². The first-order valence-corrected chi connectivity index (χ1v) is 7.37. The number of nitrogens with two attached hydrogens (primary N) is 1. The number of likely N-dealkylation sites (N-methyl/N-ethyl adjacent to an activating group) is 1. The quantitative estimate of drug-likeness (QED) is 0.887. The molecule has 2 rings (SSSR count). The Morgan fingerprint density at radius 1 is 1.30 bits per heavy atom. The van der Waals surface area contributed by atoms with Crippen molar-refractivity contribution >= 4 is 11.3 Å². The molecule has 0 aliphatic carbocycles. The predicted molar refractivity (Wildman–Crippen MR) is 78.8 cm³/mol. The summed E-state index contributed by atoms with van der Waals surface area (Å²) in [6.07, 6.45) is 0.877. The van der Waals surface area contributed by atoms with Gasteiger partial charge in [0.05, 0.1) is 0 Å². The zero-order chi connectivity index (χ0) is 14.5. The highest BCUT2D eigenvalue weighted by Gasteiger charge is 2.19. The monoisotopic (exact) mass is 296 g/mol. The average Bonchev–Trinajstić information content (AvgIpc) is 2.94. The van der Waals surface area contributed by atoms with Crippen molar-refractivity contribution in [2.45, 2.75) is 12.5 Å². The van der Waals surface area contributed by atoms with Crippen molar-refractivity contribution in [2.75, 3.05) is 20.1 Å². The van der Waals surface area contributed by atoms with Crippen LogP contribution in [0.1, 0.15) is 16.5 Å². The first kappa shape index (κ1) is 15.1. The summed E-state index contributed by atoms with van der Waals surface area (Å²) in [4.78, 5) is 3.24. The summed E-state index contributed by atoms with van der Waals surface area (Å²) in [7, 11) is 1.88. The molecule has 2 nitrogen and oxygen atoms in total. The molecule has 5 heteroatoms. The first-order chi connectivity index (χ1) is 9.61. The van der Waals surface area contributed by atoms with Gasteiger partial charge in [-0.2, -0.15) is 0 Å². The summed E-state index contributed by atoms with van der Waals surface area (Å²) in [5.74, 6) is -0.851. The van der Waals surface area contributed by atoms with E-state index in [0.717, 1.165) is 25.1 Å². The molecule has 0 saturated carbocycles. The van der Waals surface area contributed by atoms with E-state index in [2.05, 4.69) is 6.07 Å². The molecular weight excluding hydrogens is 278 g/mol. The number of rotatable bonds is 6. The number of nitrogens with zero attached hydrogens (tertiary/aromatic N) is 1. The van der Waals surface area contributed by atoms with Crippen molar-refractivity contribution in [1.29, 1.82) is 0 Å². The van der Waals surface area contributed by atoms with E-state index < -0.39 is 11.6 Å². The minimum Gasteiger partial charge on any atom is -0.329 e. The van der Waals surface area contributed by atoms with Gasteiger partial charge in [-0.25, -0.2) is 8.78 Å². The van der Waals surface area contributed by atoms with Gasteiger partial charge in [0.25, 0.3) is 0 Å². The topological polar surface area (TPSA) is 29.3 Å². The van der Waals surface area contributed by atoms with Gasteiger partial charge in [-0.3, -0.25) is 4.90 Å². The molecule has 2 N–H and O–H groups in total. The highest BCUT2D eigenvalue weighted by molar-refractivity contribution is 7.09. The summed E-state index contributed by atoms with van der Waals surface area (Å²) in [5, 5.41) is 2.03. The first-order valence-electron chi connectivity index (χ1n) is 6.49. The van der Waals surface area contributed by atoms with E-state index in [1.807, 2.05) is 23.4 Å². The maximum Gasteiger partial charge on any atom is 0.128 e. The largest absolute Gasteiger partial charge is 0.329 e. The molecule has 0 amide bonds. The van der Waals surface area contributed by atoms with Gasteiger partial charge in [-0.05, 0) is 43.1 Å². The Morgan fingerprint density at radius 2 is 2.10 bits per heavy atom. The zero-order valence-corrected chi connectivity index (χ0v) is 12.2. The maximum atomic E-state index is 13.8. The van der Waals surface area contributed by atoms with Gasteiger partial charge in [0, 0.05) is 29.6 Å². The second-order valence-corrected chi connectivity index (χ2v) is 5.76. The van der Waals surface area contributed by atoms with Crippen LogP contribution in [-0.2, 0) is 6.42 Å². The molecule has 20 heavy (non-hydrogen) atoms. The van der Waals surface area contributed by atoms with Gasteiger partial charge < -0.3 is 5.73 Å². The molecule has 1 atom stereocenters. The van der Waals surface area contributed by atoms with Gasteiger partial charge in [0.2, 0.25) is 0 Å². The molecule has 0 radical (unpaired) electrons. The minimum atomic E-state index is -0.438. The molecule has 0 bridgehead atoms. The number of hydrogen-bond donors (Lipinski definition) is 1. The normalized spacial score (nSPS) is 12.8. The highest BCUT2D eigenvalue weighted by atomic mass is 32.1. The number of hydrogen-bond acceptors (Lipinski definition) is 3. The van der Waals surface area contributed by atoms with Crippen molar-refractivity contribution in [3.05, 3.63) is 57.8 Å². The molecule has 0 fully saturated rings. The van der Waals surface area contributed by atoms with E-state index in [4.69, 9.17) is 5.73 Å². The third kappa shape index (κ3) is 3.62. The second kappa shape index (κ2) is 6.92. The fourth-order valence-corrected chi connectivity index (χ4v) is 2.91. The zero-order valence-electron chi connectivity index (χ0n) is 11.4. The van der Waals surface area contributed by atoms with Crippen LogP contribution in [0.3, 0.4) is 0 Å². The molecule has 2 aromatic rings.